The Kier molecular flexibility index (Phi) is 3.41. The Labute approximate surface area is 109 Å². The van der Waals surface area contributed by atoms with Crippen LogP contribution in [0.25, 0.3) is 0 Å². The predicted molar refractivity (Wildman–Crippen MR) is 69.1 cm³/mol. The quantitative estimate of drug-likeness (QED) is 0.480. The molecule has 1 unspecified atom stereocenters. The Morgan fingerprint density at radius 2 is 2.00 bits per heavy atom. The topological polar surface area (TPSA) is 78.0 Å². The largest absolute Gasteiger partial charge is 0.392 e. The molecule has 0 bridgehead atoms. The number of nitro groups is 1. The average Bonchev–Trinajstić information content (AvgIpc) is 2.80. The summed E-state index contributed by atoms with van der Waals surface area (Å²) in [5, 5.41) is 14.6. The van der Waals surface area contributed by atoms with Gasteiger partial charge in [0, 0.05) is 5.56 Å². The van der Waals surface area contributed by atoms with Crippen molar-refractivity contribution in [1.29, 1.82) is 0 Å². The number of benzene rings is 1. The molecule has 0 aliphatic carbocycles. The lowest BCUT2D eigenvalue weighted by atomic mass is 10.1. The summed E-state index contributed by atoms with van der Waals surface area (Å²) >= 11 is 0. The smallest absolute Gasteiger partial charge is 0.358 e. The summed E-state index contributed by atoms with van der Waals surface area (Å²) in [7, 11) is 0. The molecule has 2 aromatic rings. The first kappa shape index (κ1) is 12.9. The molecule has 0 radical (unpaired) electrons. The maximum atomic E-state index is 12.2. The van der Waals surface area contributed by atoms with Gasteiger partial charge in [-0.25, -0.2) is 0 Å². The second-order valence-corrected chi connectivity index (χ2v) is 4.28. The van der Waals surface area contributed by atoms with Gasteiger partial charge in [-0.3, -0.25) is 4.79 Å². The molecule has 0 fully saturated rings. The number of hydrogen-bond acceptors (Lipinski definition) is 4. The van der Waals surface area contributed by atoms with Gasteiger partial charge in [-0.1, -0.05) is 30.3 Å². The Bertz CT molecular complexity index is 619. The number of rotatable bonds is 4. The van der Waals surface area contributed by atoms with E-state index in [0.29, 0.717) is 11.1 Å². The fourth-order valence-corrected chi connectivity index (χ4v) is 1.82. The molecule has 1 heterocycles. The van der Waals surface area contributed by atoms with Crippen molar-refractivity contribution in [2.75, 3.05) is 0 Å². The van der Waals surface area contributed by atoms with Crippen LogP contribution in [-0.4, -0.2) is 20.5 Å². The zero-order valence-electron chi connectivity index (χ0n) is 10.6. The van der Waals surface area contributed by atoms with Crippen molar-refractivity contribution in [3.05, 3.63) is 57.8 Å². The van der Waals surface area contributed by atoms with Crippen LogP contribution in [0.15, 0.2) is 36.5 Å². The minimum atomic E-state index is -0.574. The maximum absolute atomic E-state index is 12.2. The Morgan fingerprint density at radius 1 is 1.37 bits per heavy atom. The molecule has 1 atom stereocenters. The summed E-state index contributed by atoms with van der Waals surface area (Å²) in [6, 6.07) is 8.22. The minimum absolute atomic E-state index is 0.127. The number of carbonyl (C=O) groups excluding carboxylic acids is 1. The summed E-state index contributed by atoms with van der Waals surface area (Å²) in [6.45, 7) is 3.27. The summed E-state index contributed by atoms with van der Waals surface area (Å²) in [4.78, 5) is 22.4. The van der Waals surface area contributed by atoms with Crippen molar-refractivity contribution in [2.45, 2.75) is 19.9 Å². The molecule has 2 rings (SSSR count). The highest BCUT2D eigenvalue weighted by Gasteiger charge is 2.24. The third-order valence-corrected chi connectivity index (χ3v) is 2.90. The molecule has 6 nitrogen and oxygen atoms in total. The second kappa shape index (κ2) is 5.01. The highest BCUT2D eigenvalue weighted by Crippen LogP contribution is 2.19. The van der Waals surface area contributed by atoms with Gasteiger partial charge in [0.1, 0.15) is 6.04 Å². The molecule has 0 amide bonds. The molecule has 1 aromatic carbocycles. The lowest BCUT2D eigenvalue weighted by Gasteiger charge is -2.07. The lowest BCUT2D eigenvalue weighted by molar-refractivity contribution is -0.390. The van der Waals surface area contributed by atoms with Gasteiger partial charge in [0.25, 0.3) is 0 Å². The molecule has 0 spiro atoms. The van der Waals surface area contributed by atoms with E-state index in [1.807, 2.05) is 6.07 Å². The van der Waals surface area contributed by atoms with Crippen molar-refractivity contribution < 1.29 is 9.72 Å². The molecule has 19 heavy (non-hydrogen) atoms. The van der Waals surface area contributed by atoms with Gasteiger partial charge in [0.2, 0.25) is 0 Å². The normalized spacial score (nSPS) is 12.1. The molecule has 6 heteroatoms. The van der Waals surface area contributed by atoms with E-state index in [0.717, 1.165) is 0 Å². The Morgan fingerprint density at radius 3 is 2.53 bits per heavy atom. The van der Waals surface area contributed by atoms with E-state index in [4.69, 9.17) is 0 Å². The predicted octanol–water partition coefficient (Wildman–Crippen LogP) is 2.54. The molecule has 1 aromatic heterocycles. The molecule has 0 saturated carbocycles. The fraction of sp³-hybridized carbons (Fsp3) is 0.231. The van der Waals surface area contributed by atoms with E-state index in [-0.39, 0.29) is 11.6 Å². The van der Waals surface area contributed by atoms with Gasteiger partial charge in [-0.15, -0.1) is 0 Å². The standard InChI is InChI=1S/C13H13N3O3/c1-9-8-15(14-13(9)16(18)19)10(2)12(17)11-6-4-3-5-7-11/h3-8,10H,1-2H3. The highest BCUT2D eigenvalue weighted by molar-refractivity contribution is 5.98. The van der Waals surface area contributed by atoms with E-state index in [1.54, 1.807) is 38.1 Å². The van der Waals surface area contributed by atoms with Crippen molar-refractivity contribution >= 4 is 11.6 Å². The van der Waals surface area contributed by atoms with Crippen molar-refractivity contribution in [3.8, 4) is 0 Å². The summed E-state index contributed by atoms with van der Waals surface area (Å²) in [5.74, 6) is -0.342. The fourth-order valence-electron chi connectivity index (χ4n) is 1.82. The van der Waals surface area contributed by atoms with E-state index in [2.05, 4.69) is 5.10 Å². The van der Waals surface area contributed by atoms with Crippen LogP contribution in [0.2, 0.25) is 0 Å². The first-order valence-corrected chi connectivity index (χ1v) is 5.80. The highest BCUT2D eigenvalue weighted by atomic mass is 16.6. The van der Waals surface area contributed by atoms with E-state index >= 15 is 0 Å². The number of nitrogens with zero attached hydrogens (tertiary/aromatic N) is 3. The van der Waals surface area contributed by atoms with Gasteiger partial charge in [0.15, 0.2) is 5.78 Å². The number of hydrogen-bond donors (Lipinski definition) is 0. The van der Waals surface area contributed by atoms with E-state index in [9.17, 15) is 14.9 Å². The average molecular weight is 259 g/mol. The van der Waals surface area contributed by atoms with Crippen LogP contribution in [0.5, 0.6) is 0 Å². The van der Waals surface area contributed by atoms with Crippen LogP contribution >= 0.6 is 0 Å². The number of aromatic nitrogens is 2. The lowest BCUT2D eigenvalue weighted by Crippen LogP contribution is -2.17. The van der Waals surface area contributed by atoms with E-state index < -0.39 is 11.0 Å². The van der Waals surface area contributed by atoms with Crippen LogP contribution in [0.3, 0.4) is 0 Å². The second-order valence-electron chi connectivity index (χ2n) is 4.28. The molecular formula is C13H13N3O3. The SMILES string of the molecule is Cc1cn(C(C)C(=O)c2ccccc2)nc1[N+](=O)[O-]. The van der Waals surface area contributed by atoms with Crippen LogP contribution in [-0.2, 0) is 0 Å². The Balaban J connectivity index is 2.30. The van der Waals surface area contributed by atoms with Crippen LogP contribution in [0.4, 0.5) is 5.82 Å². The third kappa shape index (κ3) is 2.52. The van der Waals surface area contributed by atoms with Gasteiger partial charge >= 0.3 is 5.82 Å². The maximum Gasteiger partial charge on any atom is 0.392 e. The number of carbonyl (C=O) groups is 1. The molecule has 0 aliphatic rings. The van der Waals surface area contributed by atoms with Gasteiger partial charge in [-0.2, -0.15) is 4.68 Å². The van der Waals surface area contributed by atoms with Crippen LogP contribution in [0, 0.1) is 17.0 Å². The molecule has 0 N–H and O–H groups in total. The van der Waals surface area contributed by atoms with Gasteiger partial charge in [-0.05, 0) is 18.8 Å². The zero-order chi connectivity index (χ0) is 14.0. The first-order chi connectivity index (χ1) is 9.00. The zero-order valence-corrected chi connectivity index (χ0v) is 10.6. The summed E-state index contributed by atoms with van der Waals surface area (Å²) in [6.07, 6.45) is 1.52. The monoisotopic (exact) mass is 259 g/mol. The summed E-state index contributed by atoms with van der Waals surface area (Å²) < 4.78 is 1.34. The minimum Gasteiger partial charge on any atom is -0.358 e. The van der Waals surface area contributed by atoms with Gasteiger partial charge < -0.3 is 10.1 Å². The molecule has 0 saturated heterocycles. The van der Waals surface area contributed by atoms with Crippen molar-refractivity contribution in [2.24, 2.45) is 0 Å². The van der Waals surface area contributed by atoms with E-state index in [1.165, 1.54) is 10.9 Å². The van der Waals surface area contributed by atoms with Crippen LogP contribution < -0.4 is 0 Å². The third-order valence-electron chi connectivity index (χ3n) is 2.90. The first-order valence-electron chi connectivity index (χ1n) is 5.80. The Hall–Kier alpha value is -2.50. The number of aryl methyl sites for hydroxylation is 1. The van der Waals surface area contributed by atoms with Gasteiger partial charge in [0.05, 0.1) is 16.9 Å². The molecule has 0 aliphatic heterocycles. The number of ketones is 1. The molecule has 98 valence electrons. The van der Waals surface area contributed by atoms with Crippen LogP contribution in [0.1, 0.15) is 28.9 Å². The molecular weight excluding hydrogens is 246 g/mol. The van der Waals surface area contributed by atoms with Crippen molar-refractivity contribution in [3.63, 3.8) is 0 Å². The van der Waals surface area contributed by atoms with Crippen molar-refractivity contribution in [1.82, 2.24) is 9.78 Å². The summed E-state index contributed by atoms with van der Waals surface area (Å²) in [5.41, 5.74) is 1.00. The number of Topliss-reactive ketones (excluding diaryl/α,β-unsaturated/α-hetero) is 1.